The fraction of sp³-hybridized carbons (Fsp3) is 0.333. The number of carbonyl (C=O) groups excluding carboxylic acids is 2. The van der Waals surface area contributed by atoms with Crippen molar-refractivity contribution < 1.29 is 22.7 Å². The first kappa shape index (κ1) is 29.7. The summed E-state index contributed by atoms with van der Waals surface area (Å²) in [6.45, 7) is 7.40. The van der Waals surface area contributed by atoms with Gasteiger partial charge in [-0.25, -0.2) is 8.42 Å². The summed E-state index contributed by atoms with van der Waals surface area (Å²) in [6.07, 6.45) is 0.359. The van der Waals surface area contributed by atoms with Crippen LogP contribution in [-0.2, 0) is 26.2 Å². The zero-order valence-electron chi connectivity index (χ0n) is 23.2. The Labute approximate surface area is 231 Å². The molecular weight excluding hydrogens is 514 g/mol. The Kier molecular flexibility index (Phi) is 10.1. The number of para-hydroxylation sites is 2. The third-order valence-corrected chi connectivity index (χ3v) is 8.16. The van der Waals surface area contributed by atoms with Crippen LogP contribution in [0.2, 0.25) is 0 Å². The van der Waals surface area contributed by atoms with Crippen molar-refractivity contribution in [2.45, 2.75) is 51.6 Å². The minimum absolute atomic E-state index is 0.0516. The quantitative estimate of drug-likeness (QED) is 0.359. The SMILES string of the molecule is CCOc1ccccc1N(CC(=O)N(Cc1cccc(C)c1)[C@@H](CC)C(=O)NC)S(=O)(=O)c1ccc(C)cc1. The maximum absolute atomic E-state index is 14.0. The molecule has 0 aliphatic heterocycles. The maximum atomic E-state index is 14.0. The number of nitrogens with zero attached hydrogens (tertiary/aromatic N) is 2. The number of aryl methyl sites for hydroxylation is 2. The number of amides is 2. The summed E-state index contributed by atoms with van der Waals surface area (Å²) in [5.74, 6) is -0.484. The molecule has 2 amide bonds. The molecule has 3 aromatic carbocycles. The first-order valence-corrected chi connectivity index (χ1v) is 14.4. The van der Waals surface area contributed by atoms with Crippen LogP contribution in [-0.4, -0.2) is 51.4 Å². The Balaban J connectivity index is 2.11. The molecule has 0 aliphatic rings. The lowest BCUT2D eigenvalue weighted by Crippen LogP contribution is -2.51. The summed E-state index contributed by atoms with van der Waals surface area (Å²) >= 11 is 0. The number of benzene rings is 3. The van der Waals surface area contributed by atoms with Gasteiger partial charge in [0.2, 0.25) is 11.8 Å². The Morgan fingerprint density at radius 2 is 1.62 bits per heavy atom. The number of nitrogens with one attached hydrogen (secondary N) is 1. The lowest BCUT2D eigenvalue weighted by atomic mass is 10.1. The van der Waals surface area contributed by atoms with Gasteiger partial charge < -0.3 is 15.0 Å². The second-order valence-corrected chi connectivity index (χ2v) is 11.1. The average molecular weight is 552 g/mol. The van der Waals surface area contributed by atoms with E-state index in [1.807, 2.05) is 45.0 Å². The standard InChI is InChI=1S/C30H37N3O5S/c1-6-26(30(35)31-5)32(20-24-12-10-11-23(4)19-24)29(34)21-33(27-13-8-9-14-28(27)38-7-2)39(36,37)25-17-15-22(3)16-18-25/h8-19,26H,6-7,20-21H2,1-5H3,(H,31,35)/t26-/m0/s1. The number of hydrogen-bond acceptors (Lipinski definition) is 5. The smallest absolute Gasteiger partial charge is 0.264 e. The Morgan fingerprint density at radius 1 is 0.923 bits per heavy atom. The van der Waals surface area contributed by atoms with E-state index in [-0.39, 0.29) is 23.0 Å². The van der Waals surface area contributed by atoms with E-state index in [1.54, 1.807) is 43.3 Å². The van der Waals surface area contributed by atoms with E-state index in [2.05, 4.69) is 5.32 Å². The number of carbonyl (C=O) groups is 2. The van der Waals surface area contributed by atoms with Crippen LogP contribution in [0.25, 0.3) is 0 Å². The molecule has 0 heterocycles. The molecule has 3 rings (SSSR count). The van der Waals surface area contributed by atoms with Crippen LogP contribution in [0, 0.1) is 13.8 Å². The summed E-state index contributed by atoms with van der Waals surface area (Å²) in [5.41, 5.74) is 3.01. The topological polar surface area (TPSA) is 96.0 Å². The highest BCUT2D eigenvalue weighted by Gasteiger charge is 2.34. The molecule has 0 aliphatic carbocycles. The van der Waals surface area contributed by atoms with Gasteiger partial charge in [0.1, 0.15) is 18.3 Å². The van der Waals surface area contributed by atoms with Crippen LogP contribution in [0.3, 0.4) is 0 Å². The Bertz CT molecular complexity index is 1390. The van der Waals surface area contributed by atoms with E-state index in [4.69, 9.17) is 4.74 Å². The zero-order valence-corrected chi connectivity index (χ0v) is 24.0. The van der Waals surface area contributed by atoms with E-state index >= 15 is 0 Å². The lowest BCUT2D eigenvalue weighted by molar-refractivity contribution is -0.140. The Hall–Kier alpha value is -3.85. The Morgan fingerprint density at radius 3 is 2.23 bits per heavy atom. The van der Waals surface area contributed by atoms with E-state index in [0.717, 1.165) is 21.0 Å². The molecule has 0 fully saturated rings. The molecule has 0 spiro atoms. The van der Waals surface area contributed by atoms with Gasteiger partial charge in [-0.05, 0) is 57.0 Å². The number of hydrogen-bond donors (Lipinski definition) is 1. The molecule has 1 atom stereocenters. The molecule has 8 nitrogen and oxygen atoms in total. The van der Waals surface area contributed by atoms with Gasteiger partial charge in [-0.3, -0.25) is 13.9 Å². The summed E-state index contributed by atoms with van der Waals surface area (Å²) < 4.78 is 34.8. The first-order chi connectivity index (χ1) is 18.6. The molecule has 0 saturated heterocycles. The molecule has 9 heteroatoms. The third-order valence-electron chi connectivity index (χ3n) is 6.39. The molecule has 1 N–H and O–H groups in total. The van der Waals surface area contributed by atoms with Gasteiger partial charge in [-0.1, -0.05) is 66.6 Å². The van der Waals surface area contributed by atoms with Gasteiger partial charge in [0.05, 0.1) is 17.2 Å². The normalized spacial score (nSPS) is 11.9. The molecule has 0 bridgehead atoms. The fourth-order valence-electron chi connectivity index (χ4n) is 4.38. The van der Waals surface area contributed by atoms with Crippen molar-refractivity contribution in [3.05, 3.63) is 89.5 Å². The van der Waals surface area contributed by atoms with Crippen LogP contribution in [0.4, 0.5) is 5.69 Å². The van der Waals surface area contributed by atoms with Crippen LogP contribution in [0.1, 0.15) is 37.0 Å². The van der Waals surface area contributed by atoms with Crippen LogP contribution >= 0.6 is 0 Å². The summed E-state index contributed by atoms with van der Waals surface area (Å²) in [4.78, 5) is 28.4. The van der Waals surface area contributed by atoms with Gasteiger partial charge in [0.15, 0.2) is 0 Å². The second-order valence-electron chi connectivity index (χ2n) is 9.27. The third kappa shape index (κ3) is 7.17. The van der Waals surface area contributed by atoms with E-state index in [0.29, 0.717) is 18.8 Å². The van der Waals surface area contributed by atoms with Gasteiger partial charge in [-0.2, -0.15) is 0 Å². The van der Waals surface area contributed by atoms with Gasteiger partial charge in [-0.15, -0.1) is 0 Å². The van der Waals surface area contributed by atoms with Crippen LogP contribution < -0.4 is 14.4 Å². The highest BCUT2D eigenvalue weighted by molar-refractivity contribution is 7.92. The van der Waals surface area contributed by atoms with Crippen LogP contribution in [0.15, 0.2) is 77.7 Å². The van der Waals surface area contributed by atoms with Crippen LogP contribution in [0.5, 0.6) is 5.75 Å². The summed E-state index contributed by atoms with van der Waals surface area (Å²) in [6, 6.07) is 20.1. The minimum Gasteiger partial charge on any atom is -0.492 e. The molecular formula is C30H37N3O5S. The van der Waals surface area contributed by atoms with Gasteiger partial charge in [0.25, 0.3) is 10.0 Å². The molecule has 0 radical (unpaired) electrons. The molecule has 0 unspecified atom stereocenters. The highest BCUT2D eigenvalue weighted by Crippen LogP contribution is 2.33. The van der Waals surface area contributed by atoms with E-state index in [9.17, 15) is 18.0 Å². The predicted molar refractivity (Wildman–Crippen MR) is 153 cm³/mol. The fourth-order valence-corrected chi connectivity index (χ4v) is 5.81. The molecule has 39 heavy (non-hydrogen) atoms. The molecule has 208 valence electrons. The van der Waals surface area contributed by atoms with Crippen molar-refractivity contribution in [1.29, 1.82) is 0 Å². The summed E-state index contributed by atoms with van der Waals surface area (Å²) in [5, 5.41) is 2.64. The van der Waals surface area contributed by atoms with Gasteiger partial charge >= 0.3 is 0 Å². The second kappa shape index (κ2) is 13.3. The van der Waals surface area contributed by atoms with Crippen molar-refractivity contribution >= 4 is 27.5 Å². The molecule has 0 saturated carbocycles. The van der Waals surface area contributed by atoms with Crippen molar-refractivity contribution in [1.82, 2.24) is 10.2 Å². The molecule has 0 aromatic heterocycles. The summed E-state index contributed by atoms with van der Waals surface area (Å²) in [7, 11) is -2.65. The van der Waals surface area contributed by atoms with Crippen molar-refractivity contribution in [3.63, 3.8) is 0 Å². The number of likely N-dealkylation sites (N-methyl/N-ethyl adjacent to an activating group) is 1. The van der Waals surface area contributed by atoms with Crippen molar-refractivity contribution in [3.8, 4) is 5.75 Å². The first-order valence-electron chi connectivity index (χ1n) is 13.0. The largest absolute Gasteiger partial charge is 0.492 e. The zero-order chi connectivity index (χ0) is 28.6. The minimum atomic E-state index is -4.17. The maximum Gasteiger partial charge on any atom is 0.264 e. The van der Waals surface area contributed by atoms with Crippen molar-refractivity contribution in [2.75, 3.05) is 24.5 Å². The average Bonchev–Trinajstić information content (AvgIpc) is 2.92. The predicted octanol–water partition coefficient (Wildman–Crippen LogP) is 4.45. The highest BCUT2D eigenvalue weighted by atomic mass is 32.2. The van der Waals surface area contributed by atoms with Crippen molar-refractivity contribution in [2.24, 2.45) is 0 Å². The number of rotatable bonds is 12. The lowest BCUT2D eigenvalue weighted by Gasteiger charge is -2.33. The number of anilines is 1. The van der Waals surface area contributed by atoms with E-state index in [1.165, 1.54) is 24.1 Å². The number of sulfonamides is 1. The molecule has 3 aromatic rings. The number of ether oxygens (including phenoxy) is 1. The van der Waals surface area contributed by atoms with E-state index < -0.39 is 28.5 Å². The monoisotopic (exact) mass is 551 g/mol. The van der Waals surface area contributed by atoms with Gasteiger partial charge in [0, 0.05) is 13.6 Å².